The third kappa shape index (κ3) is 3.74. The van der Waals surface area contributed by atoms with Crippen LogP contribution in [0.15, 0.2) is 42.5 Å². The molecule has 0 atom stereocenters. The van der Waals surface area contributed by atoms with Crippen LogP contribution in [0, 0.1) is 0 Å². The van der Waals surface area contributed by atoms with Crippen molar-refractivity contribution in [1.82, 2.24) is 0 Å². The molecule has 0 aliphatic carbocycles. The summed E-state index contributed by atoms with van der Waals surface area (Å²) in [6, 6.07) is 12.2. The van der Waals surface area contributed by atoms with Crippen LogP contribution >= 0.6 is 0 Å². The number of phenolic OH excluding ortho intramolecular Hbond substituents is 2. The van der Waals surface area contributed by atoms with Crippen molar-refractivity contribution in [3.8, 4) is 11.5 Å². The van der Waals surface area contributed by atoms with E-state index in [4.69, 9.17) is 0 Å². The number of benzene rings is 2. The lowest BCUT2D eigenvalue weighted by molar-refractivity contribution is -0.115. The first kappa shape index (κ1) is 15.2. The largest absolute Gasteiger partial charge is 0.504 e. The molecule has 23 heavy (non-hydrogen) atoms. The maximum atomic E-state index is 12.1. The smallest absolute Gasteiger partial charge is 0.228 e. The number of anilines is 2. The molecule has 0 bridgehead atoms. The van der Waals surface area contributed by atoms with Crippen molar-refractivity contribution in [2.75, 3.05) is 23.3 Å². The minimum atomic E-state index is -0.217. The lowest BCUT2D eigenvalue weighted by Gasteiger charge is -2.17. The molecule has 0 aromatic heterocycles. The normalized spacial score (nSPS) is 14.0. The Balaban J connectivity index is 1.59. The van der Waals surface area contributed by atoms with E-state index >= 15 is 0 Å². The van der Waals surface area contributed by atoms with Gasteiger partial charge in [0, 0.05) is 24.5 Å². The summed E-state index contributed by atoms with van der Waals surface area (Å²) in [5, 5.41) is 21.6. The predicted octanol–water partition coefficient (Wildman–Crippen LogP) is 2.88. The van der Waals surface area contributed by atoms with Crippen LogP contribution in [0.25, 0.3) is 0 Å². The molecule has 120 valence electrons. The van der Waals surface area contributed by atoms with Gasteiger partial charge in [-0.05, 0) is 54.8 Å². The second-order valence-electron chi connectivity index (χ2n) is 5.79. The molecule has 2 aromatic rings. The summed E-state index contributed by atoms with van der Waals surface area (Å²) in [6.45, 7) is 2.19. The summed E-state index contributed by atoms with van der Waals surface area (Å²) in [5.74, 6) is -0.569. The quantitative estimate of drug-likeness (QED) is 0.759. The van der Waals surface area contributed by atoms with Crippen LogP contribution < -0.4 is 10.2 Å². The molecule has 0 unspecified atom stereocenters. The van der Waals surface area contributed by atoms with Crippen molar-refractivity contribution in [2.45, 2.75) is 19.3 Å². The molecular formula is C18H20N2O3. The zero-order chi connectivity index (χ0) is 16.2. The number of hydrogen-bond acceptors (Lipinski definition) is 4. The molecule has 5 nitrogen and oxygen atoms in total. The number of carbonyl (C=O) groups excluding carboxylic acids is 1. The standard InChI is InChI=1S/C18H20N2O3/c21-16-8-3-13(11-17(16)22)12-18(23)19-14-4-6-15(7-5-14)20-9-1-2-10-20/h3-8,11,21-22H,1-2,9-10,12H2,(H,19,23). The molecular weight excluding hydrogens is 292 g/mol. The van der Waals surface area contributed by atoms with E-state index in [0.29, 0.717) is 5.56 Å². The molecule has 3 rings (SSSR count). The van der Waals surface area contributed by atoms with Gasteiger partial charge in [0.1, 0.15) is 0 Å². The van der Waals surface area contributed by atoms with E-state index < -0.39 is 0 Å². The second kappa shape index (κ2) is 6.60. The van der Waals surface area contributed by atoms with Gasteiger partial charge in [0.05, 0.1) is 6.42 Å². The molecule has 1 aliphatic heterocycles. The summed E-state index contributed by atoms with van der Waals surface area (Å²) >= 11 is 0. The lowest BCUT2D eigenvalue weighted by Crippen LogP contribution is -2.18. The minimum absolute atomic E-state index is 0.141. The van der Waals surface area contributed by atoms with E-state index in [-0.39, 0.29) is 23.8 Å². The Morgan fingerprint density at radius 1 is 1.00 bits per heavy atom. The number of rotatable bonds is 4. The third-order valence-electron chi connectivity index (χ3n) is 4.03. The van der Waals surface area contributed by atoms with Gasteiger partial charge in [0.15, 0.2) is 11.5 Å². The number of nitrogens with zero attached hydrogens (tertiary/aromatic N) is 1. The fraction of sp³-hybridized carbons (Fsp3) is 0.278. The Kier molecular flexibility index (Phi) is 4.37. The van der Waals surface area contributed by atoms with Gasteiger partial charge in [-0.3, -0.25) is 4.79 Å². The van der Waals surface area contributed by atoms with Crippen LogP contribution in [-0.2, 0) is 11.2 Å². The topological polar surface area (TPSA) is 72.8 Å². The fourth-order valence-electron chi connectivity index (χ4n) is 2.80. The minimum Gasteiger partial charge on any atom is -0.504 e. The number of amides is 1. The van der Waals surface area contributed by atoms with Gasteiger partial charge in [0.25, 0.3) is 0 Å². The Hall–Kier alpha value is -2.69. The SMILES string of the molecule is O=C(Cc1ccc(O)c(O)c1)Nc1ccc(N2CCCC2)cc1. The summed E-state index contributed by atoms with van der Waals surface area (Å²) in [7, 11) is 0. The summed E-state index contributed by atoms with van der Waals surface area (Å²) < 4.78 is 0. The van der Waals surface area contributed by atoms with Gasteiger partial charge in [0.2, 0.25) is 5.91 Å². The average molecular weight is 312 g/mol. The summed E-state index contributed by atoms with van der Waals surface area (Å²) in [5.41, 5.74) is 2.58. The van der Waals surface area contributed by atoms with E-state index in [9.17, 15) is 15.0 Å². The zero-order valence-corrected chi connectivity index (χ0v) is 12.8. The van der Waals surface area contributed by atoms with Crippen molar-refractivity contribution in [2.24, 2.45) is 0 Å². The molecule has 1 heterocycles. The molecule has 1 aliphatic rings. The number of nitrogens with one attached hydrogen (secondary N) is 1. The van der Waals surface area contributed by atoms with Crippen molar-refractivity contribution < 1.29 is 15.0 Å². The highest BCUT2D eigenvalue weighted by Crippen LogP contribution is 2.25. The van der Waals surface area contributed by atoms with E-state index in [1.54, 1.807) is 6.07 Å². The zero-order valence-electron chi connectivity index (χ0n) is 12.8. The molecule has 1 saturated heterocycles. The van der Waals surface area contributed by atoms with Crippen molar-refractivity contribution in [3.05, 3.63) is 48.0 Å². The first-order valence-corrected chi connectivity index (χ1v) is 7.77. The van der Waals surface area contributed by atoms with Gasteiger partial charge >= 0.3 is 0 Å². The fourth-order valence-corrected chi connectivity index (χ4v) is 2.80. The van der Waals surface area contributed by atoms with Crippen LogP contribution in [0.1, 0.15) is 18.4 Å². The summed E-state index contributed by atoms with van der Waals surface area (Å²) in [6.07, 6.45) is 2.61. The van der Waals surface area contributed by atoms with E-state index in [0.717, 1.165) is 18.8 Å². The van der Waals surface area contributed by atoms with Crippen molar-refractivity contribution in [3.63, 3.8) is 0 Å². The van der Waals surface area contributed by atoms with Crippen LogP contribution in [-0.4, -0.2) is 29.2 Å². The van der Waals surface area contributed by atoms with Crippen LogP contribution in [0.4, 0.5) is 11.4 Å². The van der Waals surface area contributed by atoms with E-state index in [1.807, 2.05) is 24.3 Å². The van der Waals surface area contributed by atoms with E-state index in [2.05, 4.69) is 10.2 Å². The Bertz CT molecular complexity index is 692. The lowest BCUT2D eigenvalue weighted by atomic mass is 10.1. The van der Waals surface area contributed by atoms with Gasteiger partial charge in [-0.1, -0.05) is 6.07 Å². The molecule has 3 N–H and O–H groups in total. The number of carbonyl (C=O) groups is 1. The number of phenols is 2. The highest BCUT2D eigenvalue weighted by Gasteiger charge is 2.12. The van der Waals surface area contributed by atoms with Crippen molar-refractivity contribution in [1.29, 1.82) is 0 Å². The molecule has 1 fully saturated rings. The van der Waals surface area contributed by atoms with Crippen LogP contribution in [0.3, 0.4) is 0 Å². The molecule has 0 saturated carbocycles. The first-order valence-electron chi connectivity index (χ1n) is 7.77. The van der Waals surface area contributed by atoms with E-state index in [1.165, 1.54) is 30.7 Å². The van der Waals surface area contributed by atoms with Crippen molar-refractivity contribution >= 4 is 17.3 Å². The molecule has 1 amide bonds. The van der Waals surface area contributed by atoms with Crippen LogP contribution in [0.2, 0.25) is 0 Å². The highest BCUT2D eigenvalue weighted by atomic mass is 16.3. The van der Waals surface area contributed by atoms with Gasteiger partial charge in [-0.2, -0.15) is 0 Å². The van der Waals surface area contributed by atoms with Crippen LogP contribution in [0.5, 0.6) is 11.5 Å². The number of hydrogen-bond donors (Lipinski definition) is 3. The highest BCUT2D eigenvalue weighted by molar-refractivity contribution is 5.92. The maximum Gasteiger partial charge on any atom is 0.228 e. The average Bonchev–Trinajstić information content (AvgIpc) is 3.06. The molecule has 0 radical (unpaired) electrons. The maximum absolute atomic E-state index is 12.1. The molecule has 0 spiro atoms. The van der Waals surface area contributed by atoms with Gasteiger partial charge in [-0.15, -0.1) is 0 Å². The molecule has 5 heteroatoms. The molecule has 2 aromatic carbocycles. The predicted molar refractivity (Wildman–Crippen MR) is 90.0 cm³/mol. The Morgan fingerprint density at radius 2 is 1.70 bits per heavy atom. The third-order valence-corrected chi connectivity index (χ3v) is 4.03. The Labute approximate surface area is 135 Å². The Morgan fingerprint density at radius 3 is 2.35 bits per heavy atom. The van der Waals surface area contributed by atoms with Gasteiger partial charge in [-0.25, -0.2) is 0 Å². The second-order valence-corrected chi connectivity index (χ2v) is 5.79. The first-order chi connectivity index (χ1) is 11.1. The summed E-state index contributed by atoms with van der Waals surface area (Å²) in [4.78, 5) is 14.4. The monoisotopic (exact) mass is 312 g/mol. The number of aromatic hydroxyl groups is 2. The van der Waals surface area contributed by atoms with Gasteiger partial charge < -0.3 is 20.4 Å².